The molecule has 1 atom stereocenters. The summed E-state index contributed by atoms with van der Waals surface area (Å²) in [5.41, 5.74) is 0.638. The molecule has 1 unspecified atom stereocenters. The number of halogens is 1. The quantitative estimate of drug-likeness (QED) is 0.819. The maximum absolute atomic E-state index is 13.6. The zero-order chi connectivity index (χ0) is 16.2. The number of likely N-dealkylation sites (tertiary alicyclic amines) is 1. The number of hydrogen-bond acceptors (Lipinski definition) is 3. The smallest absolute Gasteiger partial charge is 0.244 e. The van der Waals surface area contributed by atoms with Crippen molar-refractivity contribution >= 4 is 12.0 Å². The van der Waals surface area contributed by atoms with Crippen molar-refractivity contribution in [1.29, 1.82) is 0 Å². The number of amides is 1. The van der Waals surface area contributed by atoms with Gasteiger partial charge in [-0.15, -0.1) is 0 Å². The van der Waals surface area contributed by atoms with Gasteiger partial charge in [0, 0.05) is 25.2 Å². The lowest BCUT2D eigenvalue weighted by molar-refractivity contribution is -0.116. The van der Waals surface area contributed by atoms with Gasteiger partial charge in [-0.05, 0) is 55.5 Å². The van der Waals surface area contributed by atoms with Crippen molar-refractivity contribution in [1.82, 2.24) is 10.2 Å². The Morgan fingerprint density at radius 1 is 1.43 bits per heavy atom. The molecule has 0 radical (unpaired) electrons. The summed E-state index contributed by atoms with van der Waals surface area (Å²) in [6.45, 7) is 2.97. The maximum atomic E-state index is 13.6. The molecule has 0 aromatic heterocycles. The second-order valence-electron chi connectivity index (χ2n) is 6.35. The maximum Gasteiger partial charge on any atom is 0.244 e. The van der Waals surface area contributed by atoms with Crippen molar-refractivity contribution in [2.75, 3.05) is 26.7 Å². The molecule has 1 aliphatic heterocycles. The Bertz CT molecular complexity index is 599. The number of methoxy groups -OCH3 is 1. The fourth-order valence-corrected chi connectivity index (χ4v) is 3.06. The molecule has 1 heterocycles. The first kappa shape index (κ1) is 16.0. The van der Waals surface area contributed by atoms with E-state index in [1.165, 1.54) is 32.1 Å². The minimum absolute atomic E-state index is 0.133. The van der Waals surface area contributed by atoms with E-state index >= 15 is 0 Å². The van der Waals surface area contributed by atoms with E-state index in [1.807, 2.05) is 0 Å². The second-order valence-corrected chi connectivity index (χ2v) is 6.35. The molecule has 1 N–H and O–H groups in total. The monoisotopic (exact) mass is 318 g/mol. The van der Waals surface area contributed by atoms with E-state index < -0.39 is 5.82 Å². The second kappa shape index (κ2) is 7.13. The summed E-state index contributed by atoms with van der Waals surface area (Å²) in [5, 5.41) is 2.94. The first-order valence-corrected chi connectivity index (χ1v) is 8.19. The zero-order valence-electron chi connectivity index (χ0n) is 13.4. The zero-order valence-corrected chi connectivity index (χ0v) is 13.4. The van der Waals surface area contributed by atoms with Crippen LogP contribution < -0.4 is 10.1 Å². The number of nitrogens with one attached hydrogen (secondary N) is 1. The van der Waals surface area contributed by atoms with E-state index in [2.05, 4.69) is 10.2 Å². The van der Waals surface area contributed by atoms with Gasteiger partial charge in [0.25, 0.3) is 0 Å². The predicted molar refractivity (Wildman–Crippen MR) is 87.7 cm³/mol. The number of carbonyl (C=O) groups excluding carboxylic acids is 1. The SMILES string of the molecule is COc1ccc(C=CC(=O)NCC2CCN(C3CC3)C2)cc1F. The molecular weight excluding hydrogens is 295 g/mol. The minimum atomic E-state index is -0.429. The van der Waals surface area contributed by atoms with Crippen LogP contribution in [0, 0.1) is 11.7 Å². The van der Waals surface area contributed by atoms with Gasteiger partial charge >= 0.3 is 0 Å². The number of rotatable bonds is 6. The first-order valence-electron chi connectivity index (χ1n) is 8.19. The lowest BCUT2D eigenvalue weighted by Gasteiger charge is -2.14. The van der Waals surface area contributed by atoms with Crippen molar-refractivity contribution < 1.29 is 13.9 Å². The van der Waals surface area contributed by atoms with Gasteiger partial charge in [0.2, 0.25) is 5.91 Å². The highest BCUT2D eigenvalue weighted by molar-refractivity contribution is 5.91. The van der Waals surface area contributed by atoms with Crippen LogP contribution in [0.5, 0.6) is 5.75 Å². The molecule has 0 bridgehead atoms. The fraction of sp³-hybridized carbons (Fsp3) is 0.500. The summed E-state index contributed by atoms with van der Waals surface area (Å²) in [5.74, 6) is 0.187. The van der Waals surface area contributed by atoms with Gasteiger partial charge in [-0.1, -0.05) is 6.07 Å². The van der Waals surface area contributed by atoms with Crippen molar-refractivity contribution in [3.8, 4) is 5.75 Å². The fourth-order valence-electron chi connectivity index (χ4n) is 3.06. The van der Waals surface area contributed by atoms with E-state index in [-0.39, 0.29) is 11.7 Å². The predicted octanol–water partition coefficient (Wildman–Crippen LogP) is 2.45. The van der Waals surface area contributed by atoms with Crippen molar-refractivity contribution in [3.63, 3.8) is 0 Å². The minimum Gasteiger partial charge on any atom is -0.494 e. The largest absolute Gasteiger partial charge is 0.494 e. The highest BCUT2D eigenvalue weighted by atomic mass is 19.1. The lowest BCUT2D eigenvalue weighted by Crippen LogP contribution is -2.30. The summed E-state index contributed by atoms with van der Waals surface area (Å²) >= 11 is 0. The Kier molecular flexibility index (Phi) is 4.96. The Hall–Kier alpha value is -1.88. The molecule has 1 aliphatic carbocycles. The molecule has 1 saturated carbocycles. The molecule has 2 fully saturated rings. The molecule has 2 aliphatic rings. The summed E-state index contributed by atoms with van der Waals surface area (Å²) in [4.78, 5) is 14.4. The average Bonchev–Trinajstić information content (AvgIpc) is 3.30. The lowest BCUT2D eigenvalue weighted by atomic mass is 10.1. The summed E-state index contributed by atoms with van der Waals surface area (Å²) in [6.07, 6.45) is 6.89. The van der Waals surface area contributed by atoms with Crippen LogP contribution in [0.3, 0.4) is 0 Å². The third-order valence-corrected chi connectivity index (χ3v) is 4.55. The highest BCUT2D eigenvalue weighted by Gasteiger charge is 2.34. The number of carbonyl (C=O) groups is 1. The molecule has 5 heteroatoms. The normalized spacial score (nSPS) is 21.7. The Labute approximate surface area is 136 Å². The van der Waals surface area contributed by atoms with Crippen LogP contribution in [0.4, 0.5) is 4.39 Å². The molecule has 124 valence electrons. The van der Waals surface area contributed by atoms with Crippen molar-refractivity contribution in [2.24, 2.45) is 5.92 Å². The van der Waals surface area contributed by atoms with E-state index in [0.29, 0.717) is 18.0 Å². The van der Waals surface area contributed by atoms with Gasteiger partial charge in [-0.25, -0.2) is 4.39 Å². The van der Waals surface area contributed by atoms with Gasteiger partial charge in [-0.3, -0.25) is 4.79 Å². The van der Waals surface area contributed by atoms with E-state index in [4.69, 9.17) is 4.74 Å². The molecule has 1 amide bonds. The molecule has 1 saturated heterocycles. The van der Waals surface area contributed by atoms with E-state index in [9.17, 15) is 9.18 Å². The van der Waals surface area contributed by atoms with Crippen LogP contribution in [-0.4, -0.2) is 43.6 Å². The van der Waals surface area contributed by atoms with Crippen LogP contribution in [0.2, 0.25) is 0 Å². The average molecular weight is 318 g/mol. The molecule has 0 spiro atoms. The number of benzene rings is 1. The Morgan fingerprint density at radius 3 is 2.96 bits per heavy atom. The topological polar surface area (TPSA) is 41.6 Å². The van der Waals surface area contributed by atoms with Crippen LogP contribution >= 0.6 is 0 Å². The standard InChI is InChI=1S/C18H23FN2O2/c1-23-17-6-2-13(10-16(17)19)3-7-18(22)20-11-14-8-9-21(12-14)15-4-5-15/h2-3,6-7,10,14-15H,4-5,8-9,11-12H2,1H3,(H,20,22). The molecular formula is C18H23FN2O2. The number of ether oxygens (including phenoxy) is 1. The Balaban J connectivity index is 1.44. The third kappa shape index (κ3) is 4.32. The first-order chi connectivity index (χ1) is 11.2. The van der Waals surface area contributed by atoms with Gasteiger partial charge in [0.15, 0.2) is 11.6 Å². The number of hydrogen-bond donors (Lipinski definition) is 1. The molecule has 1 aromatic carbocycles. The van der Waals surface area contributed by atoms with Crippen LogP contribution in [-0.2, 0) is 4.79 Å². The van der Waals surface area contributed by atoms with Gasteiger partial charge < -0.3 is 15.0 Å². The van der Waals surface area contributed by atoms with Crippen LogP contribution in [0.1, 0.15) is 24.8 Å². The molecule has 3 rings (SSSR count). The van der Waals surface area contributed by atoms with Crippen LogP contribution in [0.15, 0.2) is 24.3 Å². The Morgan fingerprint density at radius 2 is 2.26 bits per heavy atom. The van der Waals surface area contributed by atoms with E-state index in [1.54, 1.807) is 18.2 Å². The van der Waals surface area contributed by atoms with Gasteiger partial charge in [0.1, 0.15) is 0 Å². The van der Waals surface area contributed by atoms with Gasteiger partial charge in [0.05, 0.1) is 7.11 Å². The van der Waals surface area contributed by atoms with Gasteiger partial charge in [-0.2, -0.15) is 0 Å². The summed E-state index contributed by atoms with van der Waals surface area (Å²) in [7, 11) is 1.43. The summed E-state index contributed by atoms with van der Waals surface area (Å²) < 4.78 is 18.4. The molecule has 1 aromatic rings. The van der Waals surface area contributed by atoms with Crippen molar-refractivity contribution in [2.45, 2.75) is 25.3 Å². The molecule has 4 nitrogen and oxygen atoms in total. The van der Waals surface area contributed by atoms with Crippen molar-refractivity contribution in [3.05, 3.63) is 35.7 Å². The number of nitrogens with zero attached hydrogens (tertiary/aromatic N) is 1. The van der Waals surface area contributed by atoms with E-state index in [0.717, 1.165) is 25.6 Å². The third-order valence-electron chi connectivity index (χ3n) is 4.55. The molecule has 23 heavy (non-hydrogen) atoms. The summed E-state index contributed by atoms with van der Waals surface area (Å²) in [6, 6.07) is 5.43. The highest BCUT2D eigenvalue weighted by Crippen LogP contribution is 2.31. The van der Waals surface area contributed by atoms with Crippen LogP contribution in [0.25, 0.3) is 6.08 Å².